The highest BCUT2D eigenvalue weighted by atomic mass is 16.2. The van der Waals surface area contributed by atoms with Crippen LogP contribution in [0.25, 0.3) is 11.0 Å². The summed E-state index contributed by atoms with van der Waals surface area (Å²) in [6.07, 6.45) is 5.21. The van der Waals surface area contributed by atoms with Gasteiger partial charge in [-0.3, -0.25) is 14.8 Å². The highest BCUT2D eigenvalue weighted by molar-refractivity contribution is 6.04. The van der Waals surface area contributed by atoms with Gasteiger partial charge in [0.1, 0.15) is 5.52 Å². The number of rotatable bonds is 2. The maximum atomic E-state index is 12.8. The van der Waals surface area contributed by atoms with Crippen LogP contribution in [0.4, 0.5) is 0 Å². The molecule has 0 unspecified atom stereocenters. The topological polar surface area (TPSA) is 58.1 Å². The number of hydrogen-bond acceptors (Lipinski definition) is 4. The van der Waals surface area contributed by atoms with Gasteiger partial charge in [-0.25, -0.2) is 0 Å². The van der Waals surface area contributed by atoms with Crippen LogP contribution in [0.5, 0.6) is 0 Å². The van der Waals surface area contributed by atoms with Crippen LogP contribution in [-0.2, 0) is 0 Å². The van der Waals surface area contributed by atoms with Gasteiger partial charge >= 0.3 is 0 Å². The molecule has 1 amide bonds. The van der Waals surface area contributed by atoms with Gasteiger partial charge in [-0.05, 0) is 38.9 Å². The summed E-state index contributed by atoms with van der Waals surface area (Å²) in [5.74, 6) is 0.0549. The summed E-state index contributed by atoms with van der Waals surface area (Å²) in [7, 11) is 1.98. The number of hydrogen-bond donors (Lipinski definition) is 1. The molecular weight excluding hydrogens is 264 g/mol. The van der Waals surface area contributed by atoms with Gasteiger partial charge in [-0.2, -0.15) is 0 Å². The Labute approximate surface area is 124 Å². The van der Waals surface area contributed by atoms with Crippen molar-refractivity contribution in [3.05, 3.63) is 36.2 Å². The van der Waals surface area contributed by atoms with E-state index < -0.39 is 0 Å². The molecule has 1 aliphatic heterocycles. The van der Waals surface area contributed by atoms with Gasteiger partial charge in [0.05, 0.1) is 11.1 Å². The first-order chi connectivity index (χ1) is 10.1. The molecule has 1 fully saturated rings. The Balaban J connectivity index is 1.85. The molecule has 1 N–H and O–H groups in total. The first kappa shape index (κ1) is 13.9. The predicted molar refractivity (Wildman–Crippen MR) is 82.1 cm³/mol. The van der Waals surface area contributed by atoms with E-state index in [4.69, 9.17) is 0 Å². The largest absolute Gasteiger partial charge is 0.338 e. The molecule has 2 aromatic rings. The summed E-state index contributed by atoms with van der Waals surface area (Å²) < 4.78 is 0. The van der Waals surface area contributed by atoms with Crippen molar-refractivity contribution in [2.45, 2.75) is 25.3 Å². The SMILES string of the molecule is CNC1(C)CCN(C(=O)c2cccc3nccnc23)CC1. The van der Waals surface area contributed by atoms with Crippen LogP contribution >= 0.6 is 0 Å². The fraction of sp³-hybridized carbons (Fsp3) is 0.438. The summed E-state index contributed by atoms with van der Waals surface area (Å²) in [5.41, 5.74) is 2.23. The van der Waals surface area contributed by atoms with Crippen molar-refractivity contribution < 1.29 is 4.79 Å². The molecule has 110 valence electrons. The molecular formula is C16H20N4O. The van der Waals surface area contributed by atoms with E-state index in [9.17, 15) is 4.79 Å². The predicted octanol–water partition coefficient (Wildman–Crippen LogP) is 1.84. The number of nitrogens with zero attached hydrogens (tertiary/aromatic N) is 3. The van der Waals surface area contributed by atoms with Crippen molar-refractivity contribution in [2.24, 2.45) is 0 Å². The number of carbonyl (C=O) groups excluding carboxylic acids is 1. The number of aromatic nitrogens is 2. The summed E-state index contributed by atoms with van der Waals surface area (Å²) in [4.78, 5) is 23.3. The molecule has 5 heteroatoms. The molecule has 21 heavy (non-hydrogen) atoms. The van der Waals surface area contributed by atoms with Crippen molar-refractivity contribution in [3.63, 3.8) is 0 Å². The molecule has 0 saturated carbocycles. The molecule has 0 atom stereocenters. The molecule has 1 saturated heterocycles. The monoisotopic (exact) mass is 284 g/mol. The maximum Gasteiger partial charge on any atom is 0.256 e. The highest BCUT2D eigenvalue weighted by Gasteiger charge is 2.31. The fourth-order valence-electron chi connectivity index (χ4n) is 2.79. The minimum Gasteiger partial charge on any atom is -0.338 e. The lowest BCUT2D eigenvalue weighted by molar-refractivity contribution is 0.0663. The fourth-order valence-corrected chi connectivity index (χ4v) is 2.79. The molecule has 0 bridgehead atoms. The maximum absolute atomic E-state index is 12.8. The van der Waals surface area contributed by atoms with Gasteiger partial charge in [-0.1, -0.05) is 6.07 Å². The number of fused-ring (bicyclic) bond motifs is 1. The van der Waals surface area contributed by atoms with E-state index in [1.54, 1.807) is 12.4 Å². The average molecular weight is 284 g/mol. The first-order valence-electron chi connectivity index (χ1n) is 7.31. The summed E-state index contributed by atoms with van der Waals surface area (Å²) in [6, 6.07) is 5.59. The molecule has 3 rings (SSSR count). The minimum absolute atomic E-state index is 0.0549. The van der Waals surface area contributed by atoms with Gasteiger partial charge in [0.2, 0.25) is 0 Å². The van der Waals surface area contributed by atoms with E-state index in [0.29, 0.717) is 11.1 Å². The second-order valence-electron chi connectivity index (χ2n) is 5.83. The zero-order valence-electron chi connectivity index (χ0n) is 12.5. The second-order valence-corrected chi connectivity index (χ2v) is 5.83. The molecule has 1 aromatic heterocycles. The molecule has 1 aromatic carbocycles. The third-order valence-corrected chi connectivity index (χ3v) is 4.49. The Bertz CT molecular complexity index is 657. The van der Waals surface area contributed by atoms with Gasteiger partial charge in [0.25, 0.3) is 5.91 Å². The number of benzene rings is 1. The lowest BCUT2D eigenvalue weighted by Gasteiger charge is -2.39. The molecule has 2 heterocycles. The van der Waals surface area contributed by atoms with E-state index in [1.807, 2.05) is 30.1 Å². The van der Waals surface area contributed by atoms with E-state index in [1.165, 1.54) is 0 Å². The van der Waals surface area contributed by atoms with Crippen LogP contribution in [0.15, 0.2) is 30.6 Å². The second kappa shape index (κ2) is 5.41. The number of amides is 1. The Kier molecular flexibility index (Phi) is 3.59. The quantitative estimate of drug-likeness (QED) is 0.914. The number of carbonyl (C=O) groups is 1. The first-order valence-corrected chi connectivity index (χ1v) is 7.31. The Morgan fingerprint density at radius 3 is 2.67 bits per heavy atom. The Hall–Kier alpha value is -2.01. The summed E-state index contributed by atoms with van der Waals surface area (Å²) in [6.45, 7) is 3.75. The summed E-state index contributed by atoms with van der Waals surface area (Å²) in [5, 5.41) is 3.35. The zero-order chi connectivity index (χ0) is 14.9. The van der Waals surface area contributed by atoms with Gasteiger partial charge in [-0.15, -0.1) is 0 Å². The number of nitrogens with one attached hydrogen (secondary N) is 1. The van der Waals surface area contributed by atoms with E-state index in [2.05, 4.69) is 22.2 Å². The number of para-hydroxylation sites is 1. The van der Waals surface area contributed by atoms with Crippen molar-refractivity contribution in [3.8, 4) is 0 Å². The van der Waals surface area contributed by atoms with Crippen LogP contribution in [0.1, 0.15) is 30.1 Å². The van der Waals surface area contributed by atoms with Gasteiger partial charge in [0.15, 0.2) is 0 Å². The highest BCUT2D eigenvalue weighted by Crippen LogP contribution is 2.24. The lowest BCUT2D eigenvalue weighted by Crippen LogP contribution is -2.51. The van der Waals surface area contributed by atoms with Crippen LogP contribution in [0.3, 0.4) is 0 Å². The molecule has 0 spiro atoms. The third kappa shape index (κ3) is 2.61. The van der Waals surface area contributed by atoms with E-state index in [0.717, 1.165) is 31.4 Å². The Morgan fingerprint density at radius 1 is 1.24 bits per heavy atom. The zero-order valence-corrected chi connectivity index (χ0v) is 12.5. The lowest BCUT2D eigenvalue weighted by atomic mass is 9.89. The normalized spacial score (nSPS) is 17.9. The minimum atomic E-state index is 0.0549. The molecule has 0 aliphatic carbocycles. The summed E-state index contributed by atoms with van der Waals surface area (Å²) >= 11 is 0. The van der Waals surface area contributed by atoms with E-state index >= 15 is 0 Å². The third-order valence-electron chi connectivity index (χ3n) is 4.49. The average Bonchev–Trinajstić information content (AvgIpc) is 2.54. The van der Waals surface area contributed by atoms with Crippen LogP contribution in [0, 0.1) is 0 Å². The van der Waals surface area contributed by atoms with Crippen LogP contribution in [0.2, 0.25) is 0 Å². The molecule has 5 nitrogen and oxygen atoms in total. The van der Waals surface area contributed by atoms with Crippen molar-refractivity contribution in [2.75, 3.05) is 20.1 Å². The molecule has 1 aliphatic rings. The Morgan fingerprint density at radius 2 is 1.95 bits per heavy atom. The van der Waals surface area contributed by atoms with Gasteiger partial charge < -0.3 is 10.2 Å². The van der Waals surface area contributed by atoms with E-state index in [-0.39, 0.29) is 11.4 Å². The standard InChI is InChI=1S/C16H20N4O/c1-16(17-2)6-10-20(11-7-16)15(21)12-4-3-5-13-14(12)19-9-8-18-13/h3-5,8-9,17H,6-7,10-11H2,1-2H3. The van der Waals surface area contributed by atoms with Crippen molar-refractivity contribution in [1.29, 1.82) is 0 Å². The van der Waals surface area contributed by atoms with Crippen LogP contribution < -0.4 is 5.32 Å². The van der Waals surface area contributed by atoms with Crippen molar-refractivity contribution >= 4 is 16.9 Å². The van der Waals surface area contributed by atoms with Gasteiger partial charge in [0, 0.05) is 31.0 Å². The van der Waals surface area contributed by atoms with Crippen LogP contribution in [-0.4, -0.2) is 46.5 Å². The molecule has 0 radical (unpaired) electrons. The van der Waals surface area contributed by atoms with Crippen molar-refractivity contribution in [1.82, 2.24) is 20.2 Å². The number of likely N-dealkylation sites (tertiary alicyclic amines) is 1. The number of piperidine rings is 1. The smallest absolute Gasteiger partial charge is 0.256 e.